The quantitative estimate of drug-likeness (QED) is 0.682. The molecule has 0 bridgehead atoms. The molecule has 0 aromatic carbocycles. The molecule has 0 aliphatic carbocycles. The Morgan fingerprint density at radius 1 is 1.25 bits per heavy atom. The number of rotatable bonds is 7. The minimum atomic E-state index is -0.569. The molecule has 0 unspecified atom stereocenters. The third-order valence-corrected chi connectivity index (χ3v) is 5.90. The number of aromatic nitrogens is 1. The van der Waals surface area contributed by atoms with Gasteiger partial charge in [0.1, 0.15) is 11.2 Å². The smallest absolute Gasteiger partial charge is 0.269 e. The summed E-state index contributed by atoms with van der Waals surface area (Å²) in [5.41, 5.74) is -0.841. The summed E-state index contributed by atoms with van der Waals surface area (Å²) in [6.45, 7) is 8.08. The van der Waals surface area contributed by atoms with Crippen molar-refractivity contribution in [1.82, 2.24) is 9.88 Å². The molecule has 8 heteroatoms. The second-order valence-electron chi connectivity index (χ2n) is 7.39. The van der Waals surface area contributed by atoms with Gasteiger partial charge < -0.3 is 10.1 Å². The number of thiazole rings is 1. The zero-order valence-corrected chi connectivity index (χ0v) is 18.5. The fraction of sp³-hybridized carbons (Fsp3) is 0.450. The minimum Gasteiger partial charge on any atom is -0.383 e. The van der Waals surface area contributed by atoms with Gasteiger partial charge in [0.15, 0.2) is 5.78 Å². The average Bonchev–Trinajstić information content (AvgIpc) is 3.13. The van der Waals surface area contributed by atoms with Crippen LogP contribution >= 0.6 is 22.7 Å². The highest BCUT2D eigenvalue weighted by atomic mass is 32.1. The lowest BCUT2D eigenvalue weighted by atomic mass is 9.91. The summed E-state index contributed by atoms with van der Waals surface area (Å²) in [4.78, 5) is 39.7. The van der Waals surface area contributed by atoms with Gasteiger partial charge in [-0.2, -0.15) is 0 Å². The Balaban J connectivity index is 2.50. The Labute approximate surface area is 172 Å². The van der Waals surface area contributed by atoms with Crippen molar-refractivity contribution < 1.29 is 14.3 Å². The summed E-state index contributed by atoms with van der Waals surface area (Å²) in [7, 11) is 1.55. The molecule has 1 amide bonds. The van der Waals surface area contributed by atoms with E-state index in [1.54, 1.807) is 18.4 Å². The first kappa shape index (κ1) is 22.3. The highest BCUT2D eigenvalue weighted by molar-refractivity contribution is 7.13. The van der Waals surface area contributed by atoms with Gasteiger partial charge in [-0.05, 0) is 25.1 Å². The van der Waals surface area contributed by atoms with Crippen molar-refractivity contribution >= 4 is 46.5 Å². The van der Waals surface area contributed by atoms with E-state index in [-0.39, 0.29) is 23.8 Å². The summed E-state index contributed by atoms with van der Waals surface area (Å²) < 4.78 is 7.26. The van der Waals surface area contributed by atoms with Gasteiger partial charge in [0.05, 0.1) is 11.1 Å². The average molecular weight is 423 g/mol. The number of amides is 1. The largest absolute Gasteiger partial charge is 0.383 e. The third kappa shape index (κ3) is 5.98. The fourth-order valence-corrected chi connectivity index (χ4v) is 4.20. The van der Waals surface area contributed by atoms with Crippen LogP contribution in [0.2, 0.25) is 0 Å². The number of nitrogens with one attached hydrogen (secondary N) is 1. The summed E-state index contributed by atoms with van der Waals surface area (Å²) >= 11 is 2.81. The Morgan fingerprint density at radius 3 is 2.54 bits per heavy atom. The Bertz CT molecular complexity index is 1020. The Morgan fingerprint density at radius 2 is 1.96 bits per heavy atom. The van der Waals surface area contributed by atoms with E-state index in [4.69, 9.17) is 4.74 Å². The minimum absolute atomic E-state index is 0.0965. The molecule has 0 fully saturated rings. The molecule has 2 rings (SSSR count). The van der Waals surface area contributed by atoms with E-state index in [9.17, 15) is 14.4 Å². The summed E-state index contributed by atoms with van der Waals surface area (Å²) in [5.74, 6) is -0.394. The summed E-state index contributed by atoms with van der Waals surface area (Å²) in [6, 6.07) is 3.94. The van der Waals surface area contributed by atoms with E-state index in [1.165, 1.54) is 22.0 Å². The van der Waals surface area contributed by atoms with Gasteiger partial charge in [-0.1, -0.05) is 20.8 Å². The van der Waals surface area contributed by atoms with Gasteiger partial charge >= 0.3 is 0 Å². The van der Waals surface area contributed by atoms with Crippen molar-refractivity contribution in [1.29, 1.82) is 0 Å². The van der Waals surface area contributed by atoms with Gasteiger partial charge in [0, 0.05) is 34.9 Å². The maximum Gasteiger partial charge on any atom is 0.269 e. The van der Waals surface area contributed by atoms with Crippen molar-refractivity contribution in [3.63, 3.8) is 0 Å². The van der Waals surface area contributed by atoms with Gasteiger partial charge in [-0.3, -0.25) is 19.0 Å². The molecule has 0 spiro atoms. The molecule has 0 aliphatic rings. The van der Waals surface area contributed by atoms with Gasteiger partial charge in [-0.25, -0.2) is 0 Å². The first-order valence-electron chi connectivity index (χ1n) is 8.91. The van der Waals surface area contributed by atoms with Crippen LogP contribution in [0.15, 0.2) is 16.9 Å². The molecule has 2 heterocycles. The van der Waals surface area contributed by atoms with Crippen LogP contribution in [0.4, 0.5) is 0 Å². The number of carbonyl (C=O) groups is 2. The topological polar surface area (TPSA) is 77.4 Å². The van der Waals surface area contributed by atoms with Crippen LogP contribution in [-0.2, 0) is 20.9 Å². The third-order valence-electron chi connectivity index (χ3n) is 3.89. The summed E-state index contributed by atoms with van der Waals surface area (Å²) in [5, 5.41) is 2.71. The number of Topliss-reactive ketones (excluding diaryl/α,β-unsaturated/α-hetero) is 1. The van der Waals surface area contributed by atoms with Crippen molar-refractivity contribution in [2.75, 3.05) is 20.3 Å². The molecule has 6 nitrogen and oxygen atoms in total. The monoisotopic (exact) mass is 422 g/mol. The van der Waals surface area contributed by atoms with Crippen molar-refractivity contribution in [2.45, 2.75) is 34.2 Å². The molecule has 0 radical (unpaired) electrons. The molecular weight excluding hydrogens is 396 g/mol. The van der Waals surface area contributed by atoms with E-state index in [0.717, 1.165) is 9.75 Å². The number of hydrogen-bond donors (Lipinski definition) is 1. The van der Waals surface area contributed by atoms with Crippen LogP contribution in [-0.4, -0.2) is 36.5 Å². The molecule has 0 saturated heterocycles. The van der Waals surface area contributed by atoms with Crippen LogP contribution in [0, 0.1) is 12.3 Å². The predicted molar refractivity (Wildman–Crippen MR) is 114 cm³/mol. The van der Waals surface area contributed by atoms with Crippen LogP contribution in [0.25, 0.3) is 12.2 Å². The second-order valence-corrected chi connectivity index (χ2v) is 9.77. The van der Waals surface area contributed by atoms with Crippen LogP contribution in [0.1, 0.15) is 30.5 Å². The summed E-state index contributed by atoms with van der Waals surface area (Å²) in [6.07, 6.45) is 3.27. The lowest BCUT2D eigenvalue weighted by Gasteiger charge is -2.13. The van der Waals surface area contributed by atoms with E-state index < -0.39 is 5.41 Å². The lowest BCUT2D eigenvalue weighted by molar-refractivity contribution is -0.122. The molecule has 2 aromatic heterocycles. The SMILES string of the molecule is COCCNC(=O)Cn1c(=O)/c(=C\c2ccc(C)s2)s/c1=C\C(=O)C(C)(C)C. The van der Waals surface area contributed by atoms with Crippen LogP contribution in [0.5, 0.6) is 0 Å². The lowest BCUT2D eigenvalue weighted by Crippen LogP contribution is -2.39. The predicted octanol–water partition coefficient (Wildman–Crippen LogP) is 1.27. The van der Waals surface area contributed by atoms with Crippen LogP contribution in [0.3, 0.4) is 0 Å². The second kappa shape index (κ2) is 9.45. The Hall–Kier alpha value is -2.03. The van der Waals surface area contributed by atoms with E-state index >= 15 is 0 Å². The van der Waals surface area contributed by atoms with Gasteiger partial charge in [-0.15, -0.1) is 22.7 Å². The zero-order chi connectivity index (χ0) is 20.9. The number of carbonyl (C=O) groups excluding carboxylic acids is 2. The number of nitrogens with zero attached hydrogens (tertiary/aromatic N) is 1. The molecular formula is C20H26N2O4S2. The highest BCUT2D eigenvalue weighted by Gasteiger charge is 2.20. The van der Waals surface area contributed by atoms with Gasteiger partial charge in [0.2, 0.25) is 5.91 Å². The van der Waals surface area contributed by atoms with Crippen molar-refractivity contribution in [3.8, 4) is 0 Å². The number of hydrogen-bond acceptors (Lipinski definition) is 6. The molecule has 1 N–H and O–H groups in total. The maximum atomic E-state index is 12.9. The number of methoxy groups -OCH3 is 1. The van der Waals surface area contributed by atoms with E-state index in [2.05, 4.69) is 5.32 Å². The van der Waals surface area contributed by atoms with E-state index in [0.29, 0.717) is 22.3 Å². The molecule has 152 valence electrons. The molecule has 2 aromatic rings. The molecule has 28 heavy (non-hydrogen) atoms. The van der Waals surface area contributed by atoms with Crippen molar-refractivity contribution in [3.05, 3.63) is 41.4 Å². The first-order chi connectivity index (χ1) is 13.1. The maximum absolute atomic E-state index is 12.9. The first-order valence-corrected chi connectivity index (χ1v) is 10.5. The van der Waals surface area contributed by atoms with E-state index in [1.807, 2.05) is 45.9 Å². The number of aryl methyl sites for hydroxylation is 1. The number of ketones is 1. The molecule has 0 saturated carbocycles. The Kier molecular flexibility index (Phi) is 7.51. The highest BCUT2D eigenvalue weighted by Crippen LogP contribution is 2.16. The van der Waals surface area contributed by atoms with Crippen molar-refractivity contribution in [2.24, 2.45) is 5.41 Å². The fourth-order valence-electron chi connectivity index (χ4n) is 2.27. The number of thiophene rings is 1. The standard InChI is InChI=1S/C20H26N2O4S2/c1-13-6-7-14(27-13)10-15-19(25)22(12-17(24)21-8-9-26-5)18(28-15)11-16(23)20(2,3)4/h6-7,10-11H,8-9,12H2,1-5H3,(H,21,24)/b15-10+,18-11-. The van der Waals surface area contributed by atoms with Crippen LogP contribution < -0.4 is 20.1 Å². The zero-order valence-electron chi connectivity index (χ0n) is 16.8. The normalized spacial score (nSPS) is 13.2. The molecule has 0 atom stereocenters. The van der Waals surface area contributed by atoms with Gasteiger partial charge in [0.25, 0.3) is 5.56 Å². The molecule has 0 aliphatic heterocycles. The number of ether oxygens (including phenoxy) is 1.